The van der Waals surface area contributed by atoms with E-state index in [1.165, 1.54) is 0 Å². The van der Waals surface area contributed by atoms with Crippen molar-refractivity contribution in [1.29, 1.82) is 0 Å². The van der Waals surface area contributed by atoms with Crippen molar-refractivity contribution in [3.05, 3.63) is 34.7 Å². The molecule has 0 unspecified atom stereocenters. The summed E-state index contributed by atoms with van der Waals surface area (Å²) < 4.78 is 7.22. The molecule has 15 heavy (non-hydrogen) atoms. The lowest BCUT2D eigenvalue weighted by Gasteiger charge is -2.32. The monoisotopic (exact) mass is 208 g/mol. The fourth-order valence-electron chi connectivity index (χ4n) is 1.71. The first-order valence-electron chi connectivity index (χ1n) is 5.28. The van der Waals surface area contributed by atoms with Gasteiger partial charge >= 0.3 is 0 Å². The Kier molecular flexibility index (Phi) is 3.18. The molecular weight excluding hydrogens is 192 g/mol. The molecule has 0 radical (unpaired) electrons. The van der Waals surface area contributed by atoms with Crippen molar-refractivity contribution >= 4 is 0 Å². The van der Waals surface area contributed by atoms with Crippen molar-refractivity contribution in [3.63, 3.8) is 0 Å². The number of nitrogens with zero attached hydrogens (tertiary/aromatic N) is 1. The molecule has 0 saturated heterocycles. The van der Waals surface area contributed by atoms with Crippen molar-refractivity contribution < 1.29 is 4.74 Å². The number of pyridine rings is 1. The van der Waals surface area contributed by atoms with Gasteiger partial charge in [-0.05, 0) is 18.9 Å². The van der Waals surface area contributed by atoms with Gasteiger partial charge in [-0.25, -0.2) is 0 Å². The number of nitrogens with two attached hydrogens (primary N) is 1. The standard InChI is InChI=1S/C11H16N2O2/c12-9-7-10(8-9)15-6-5-13-4-2-1-3-11(13)14/h1-4,9-10H,5-8,12H2. The fourth-order valence-corrected chi connectivity index (χ4v) is 1.71. The first-order valence-corrected chi connectivity index (χ1v) is 5.28. The molecule has 0 atom stereocenters. The maximum absolute atomic E-state index is 11.3. The Balaban J connectivity index is 1.74. The molecule has 1 fully saturated rings. The topological polar surface area (TPSA) is 57.2 Å². The quantitative estimate of drug-likeness (QED) is 0.777. The Morgan fingerprint density at radius 3 is 2.93 bits per heavy atom. The Morgan fingerprint density at radius 1 is 1.47 bits per heavy atom. The summed E-state index contributed by atoms with van der Waals surface area (Å²) in [4.78, 5) is 11.3. The molecule has 0 aromatic carbocycles. The highest BCUT2D eigenvalue weighted by Crippen LogP contribution is 2.20. The van der Waals surface area contributed by atoms with Gasteiger partial charge in [0.15, 0.2) is 0 Å². The van der Waals surface area contributed by atoms with Gasteiger partial charge in [0.25, 0.3) is 5.56 Å². The van der Waals surface area contributed by atoms with Gasteiger partial charge in [-0.2, -0.15) is 0 Å². The zero-order valence-corrected chi connectivity index (χ0v) is 8.63. The van der Waals surface area contributed by atoms with Crippen LogP contribution in [0.25, 0.3) is 0 Å². The second-order valence-corrected chi connectivity index (χ2v) is 3.96. The van der Waals surface area contributed by atoms with Crippen LogP contribution in [-0.2, 0) is 11.3 Å². The number of rotatable bonds is 4. The van der Waals surface area contributed by atoms with Crippen LogP contribution in [0.4, 0.5) is 0 Å². The van der Waals surface area contributed by atoms with Gasteiger partial charge in [-0.15, -0.1) is 0 Å². The molecule has 0 bridgehead atoms. The van der Waals surface area contributed by atoms with Crippen molar-refractivity contribution in [1.82, 2.24) is 4.57 Å². The number of hydrogen-bond donors (Lipinski definition) is 1. The van der Waals surface area contributed by atoms with E-state index in [0.29, 0.717) is 25.3 Å². The lowest BCUT2D eigenvalue weighted by atomic mass is 9.90. The predicted molar refractivity (Wildman–Crippen MR) is 57.7 cm³/mol. The van der Waals surface area contributed by atoms with E-state index in [1.807, 2.05) is 6.07 Å². The van der Waals surface area contributed by atoms with E-state index in [0.717, 1.165) is 12.8 Å². The van der Waals surface area contributed by atoms with Gasteiger partial charge in [0.05, 0.1) is 12.7 Å². The van der Waals surface area contributed by atoms with Crippen LogP contribution in [0.1, 0.15) is 12.8 Å². The van der Waals surface area contributed by atoms with E-state index in [9.17, 15) is 4.79 Å². The molecule has 1 aliphatic carbocycles. The molecule has 0 spiro atoms. The number of aromatic nitrogens is 1. The molecule has 1 aromatic rings. The molecule has 1 heterocycles. The first kappa shape index (κ1) is 10.4. The molecule has 82 valence electrons. The van der Waals surface area contributed by atoms with E-state index in [1.54, 1.807) is 22.9 Å². The van der Waals surface area contributed by atoms with Crippen LogP contribution in [-0.4, -0.2) is 23.3 Å². The van der Waals surface area contributed by atoms with Gasteiger partial charge in [0.1, 0.15) is 0 Å². The van der Waals surface area contributed by atoms with Crippen LogP contribution in [0, 0.1) is 0 Å². The van der Waals surface area contributed by atoms with Crippen LogP contribution in [0.3, 0.4) is 0 Å². The molecule has 0 amide bonds. The predicted octanol–water partition coefficient (Wildman–Crippen LogP) is 0.355. The Morgan fingerprint density at radius 2 is 2.27 bits per heavy atom. The number of hydrogen-bond acceptors (Lipinski definition) is 3. The molecule has 1 saturated carbocycles. The summed E-state index contributed by atoms with van der Waals surface area (Å²) in [5, 5.41) is 0. The summed E-state index contributed by atoms with van der Waals surface area (Å²) in [6, 6.07) is 5.46. The zero-order chi connectivity index (χ0) is 10.7. The molecule has 2 rings (SSSR count). The lowest BCUT2D eigenvalue weighted by molar-refractivity contribution is -0.0119. The van der Waals surface area contributed by atoms with Gasteiger partial charge < -0.3 is 15.0 Å². The maximum atomic E-state index is 11.3. The summed E-state index contributed by atoms with van der Waals surface area (Å²) >= 11 is 0. The average molecular weight is 208 g/mol. The van der Waals surface area contributed by atoms with Gasteiger partial charge in [0, 0.05) is 24.8 Å². The second kappa shape index (κ2) is 4.59. The number of ether oxygens (including phenoxy) is 1. The lowest BCUT2D eigenvalue weighted by Crippen LogP contribution is -2.42. The molecule has 2 N–H and O–H groups in total. The largest absolute Gasteiger partial charge is 0.376 e. The summed E-state index contributed by atoms with van der Waals surface area (Å²) in [6.07, 6.45) is 3.98. The van der Waals surface area contributed by atoms with Gasteiger partial charge in [-0.3, -0.25) is 4.79 Å². The molecule has 4 heteroatoms. The van der Waals surface area contributed by atoms with Crippen LogP contribution in [0.5, 0.6) is 0 Å². The minimum Gasteiger partial charge on any atom is -0.376 e. The molecule has 0 aliphatic heterocycles. The van der Waals surface area contributed by atoms with E-state index < -0.39 is 0 Å². The Bertz CT molecular complexity index is 369. The molecule has 1 aromatic heterocycles. The minimum atomic E-state index is 0.0198. The molecule has 4 nitrogen and oxygen atoms in total. The highest BCUT2D eigenvalue weighted by Gasteiger charge is 2.26. The highest BCUT2D eigenvalue weighted by molar-refractivity contribution is 4.93. The van der Waals surface area contributed by atoms with Crippen molar-refractivity contribution in [2.24, 2.45) is 5.73 Å². The Labute approximate surface area is 88.7 Å². The fraction of sp³-hybridized carbons (Fsp3) is 0.545. The minimum absolute atomic E-state index is 0.0198. The van der Waals surface area contributed by atoms with Crippen molar-refractivity contribution in [2.75, 3.05) is 6.61 Å². The molecule has 1 aliphatic rings. The van der Waals surface area contributed by atoms with Crippen LogP contribution >= 0.6 is 0 Å². The normalized spacial score (nSPS) is 24.9. The third-order valence-electron chi connectivity index (χ3n) is 2.72. The third kappa shape index (κ3) is 2.67. The van der Waals surface area contributed by atoms with Crippen LogP contribution in [0.15, 0.2) is 29.2 Å². The molecular formula is C11H16N2O2. The average Bonchev–Trinajstić information content (AvgIpc) is 2.18. The van der Waals surface area contributed by atoms with Crippen LogP contribution in [0.2, 0.25) is 0 Å². The summed E-state index contributed by atoms with van der Waals surface area (Å²) in [5.41, 5.74) is 5.66. The van der Waals surface area contributed by atoms with Crippen molar-refractivity contribution in [2.45, 2.75) is 31.5 Å². The zero-order valence-electron chi connectivity index (χ0n) is 8.63. The first-order chi connectivity index (χ1) is 7.25. The van der Waals surface area contributed by atoms with E-state index in [-0.39, 0.29) is 5.56 Å². The smallest absolute Gasteiger partial charge is 0.250 e. The third-order valence-corrected chi connectivity index (χ3v) is 2.72. The van der Waals surface area contributed by atoms with E-state index in [4.69, 9.17) is 10.5 Å². The highest BCUT2D eigenvalue weighted by atomic mass is 16.5. The summed E-state index contributed by atoms with van der Waals surface area (Å²) in [7, 11) is 0. The maximum Gasteiger partial charge on any atom is 0.250 e. The van der Waals surface area contributed by atoms with Gasteiger partial charge in [0.2, 0.25) is 0 Å². The second-order valence-electron chi connectivity index (χ2n) is 3.96. The Hall–Kier alpha value is -1.13. The van der Waals surface area contributed by atoms with Gasteiger partial charge in [-0.1, -0.05) is 6.07 Å². The van der Waals surface area contributed by atoms with Crippen molar-refractivity contribution in [3.8, 4) is 0 Å². The van der Waals surface area contributed by atoms with E-state index in [2.05, 4.69) is 0 Å². The summed E-state index contributed by atoms with van der Waals surface area (Å²) in [6.45, 7) is 1.20. The van der Waals surface area contributed by atoms with Crippen LogP contribution < -0.4 is 11.3 Å². The summed E-state index contributed by atoms with van der Waals surface area (Å²) in [5.74, 6) is 0. The SMILES string of the molecule is NC1CC(OCCn2ccccc2=O)C1. The van der Waals surface area contributed by atoms with E-state index >= 15 is 0 Å².